The number of methoxy groups -OCH3 is 1. The Bertz CT molecular complexity index is 882. The van der Waals surface area contributed by atoms with E-state index in [2.05, 4.69) is 25.3 Å². The zero-order valence-electron chi connectivity index (χ0n) is 14.0. The summed E-state index contributed by atoms with van der Waals surface area (Å²) in [5.41, 5.74) is 9.05. The molecule has 0 spiro atoms. The summed E-state index contributed by atoms with van der Waals surface area (Å²) >= 11 is 0. The second-order valence-electron chi connectivity index (χ2n) is 6.20. The lowest BCUT2D eigenvalue weighted by Crippen LogP contribution is -2.43. The van der Waals surface area contributed by atoms with E-state index in [-0.39, 0.29) is 12.1 Å². The summed E-state index contributed by atoms with van der Waals surface area (Å²) < 4.78 is 5.18. The summed E-state index contributed by atoms with van der Waals surface area (Å²) in [6.07, 6.45) is 5.32. The topological polar surface area (TPSA) is 98.8 Å². The summed E-state index contributed by atoms with van der Waals surface area (Å²) in [4.78, 5) is 18.2. The second kappa shape index (κ2) is 6.70. The molecule has 4 rings (SSSR count). The number of aromatic nitrogens is 4. The van der Waals surface area contributed by atoms with E-state index < -0.39 is 0 Å². The molecular weight excluding hydrogens is 316 g/mol. The van der Waals surface area contributed by atoms with Gasteiger partial charge in [0.25, 0.3) is 0 Å². The molecule has 3 heterocycles. The highest BCUT2D eigenvalue weighted by Crippen LogP contribution is 2.25. The van der Waals surface area contributed by atoms with Gasteiger partial charge in [0, 0.05) is 11.5 Å². The number of nitrogens with zero attached hydrogens (tertiary/aromatic N) is 4. The predicted octanol–water partition coefficient (Wildman–Crippen LogP) is 1.85. The van der Waals surface area contributed by atoms with Gasteiger partial charge in [-0.15, -0.1) is 0 Å². The third kappa shape index (κ3) is 3.29. The molecule has 0 saturated carbocycles. The number of hydrogen-bond acceptors (Lipinski definition) is 7. The van der Waals surface area contributed by atoms with Crippen LogP contribution < -0.4 is 15.8 Å². The minimum atomic E-state index is 0.00146. The average Bonchev–Trinajstić information content (AvgIpc) is 2.67. The minimum absolute atomic E-state index is 0.00146. The molecule has 0 aliphatic carbocycles. The maximum Gasteiger partial charge on any atom is 0.181 e. The Hall–Kier alpha value is -2.64. The van der Waals surface area contributed by atoms with Crippen molar-refractivity contribution in [1.29, 1.82) is 0 Å². The fourth-order valence-electron chi connectivity index (χ4n) is 3.12. The number of piperidine rings is 1. The van der Waals surface area contributed by atoms with E-state index >= 15 is 0 Å². The number of ether oxygens (including phenoxy) is 1. The molecule has 7 nitrogen and oxygen atoms in total. The van der Waals surface area contributed by atoms with Gasteiger partial charge >= 0.3 is 0 Å². The first-order chi connectivity index (χ1) is 12.2. The molecule has 1 fully saturated rings. The lowest BCUT2D eigenvalue weighted by molar-refractivity contribution is 0.360. The fraction of sp³-hybridized carbons (Fsp3) is 0.333. The Kier molecular flexibility index (Phi) is 4.25. The number of rotatable bonds is 3. The monoisotopic (exact) mass is 336 g/mol. The minimum Gasteiger partial charge on any atom is -0.497 e. The van der Waals surface area contributed by atoms with Gasteiger partial charge in [-0.2, -0.15) is 0 Å². The number of nitrogens with two attached hydrogens (primary N) is 1. The molecule has 0 amide bonds. The van der Waals surface area contributed by atoms with Crippen molar-refractivity contribution >= 4 is 11.2 Å². The van der Waals surface area contributed by atoms with E-state index in [0.717, 1.165) is 42.2 Å². The van der Waals surface area contributed by atoms with Gasteiger partial charge in [0.05, 0.1) is 31.4 Å². The molecule has 2 aromatic heterocycles. The van der Waals surface area contributed by atoms with Crippen molar-refractivity contribution in [1.82, 2.24) is 25.3 Å². The highest BCUT2D eigenvalue weighted by Gasteiger charge is 2.23. The molecule has 128 valence electrons. The largest absolute Gasteiger partial charge is 0.497 e. The van der Waals surface area contributed by atoms with Crippen molar-refractivity contribution in [2.75, 3.05) is 13.7 Å². The van der Waals surface area contributed by atoms with Crippen molar-refractivity contribution in [3.63, 3.8) is 0 Å². The zero-order valence-corrected chi connectivity index (χ0v) is 14.0. The van der Waals surface area contributed by atoms with Gasteiger partial charge in [0.15, 0.2) is 5.65 Å². The highest BCUT2D eigenvalue weighted by atomic mass is 16.5. The first-order valence-electron chi connectivity index (χ1n) is 8.36. The predicted molar refractivity (Wildman–Crippen MR) is 95.1 cm³/mol. The van der Waals surface area contributed by atoms with E-state index in [4.69, 9.17) is 10.5 Å². The Morgan fingerprint density at radius 2 is 1.96 bits per heavy atom. The lowest BCUT2D eigenvalue weighted by atomic mass is 9.95. The average molecular weight is 336 g/mol. The van der Waals surface area contributed by atoms with Crippen LogP contribution in [-0.2, 0) is 0 Å². The molecule has 2 unspecified atom stereocenters. The third-order valence-electron chi connectivity index (χ3n) is 4.51. The van der Waals surface area contributed by atoms with Crippen LogP contribution in [0.25, 0.3) is 22.4 Å². The maximum absolute atomic E-state index is 5.98. The molecule has 1 aliphatic rings. The molecule has 1 aromatic carbocycles. The van der Waals surface area contributed by atoms with Crippen molar-refractivity contribution in [2.45, 2.75) is 24.9 Å². The van der Waals surface area contributed by atoms with Gasteiger partial charge in [-0.25, -0.2) is 19.9 Å². The smallest absolute Gasteiger partial charge is 0.181 e. The van der Waals surface area contributed by atoms with Gasteiger partial charge in [-0.05, 0) is 43.7 Å². The maximum atomic E-state index is 5.98. The first-order valence-corrected chi connectivity index (χ1v) is 8.36. The number of nitrogens with one attached hydrogen (secondary N) is 1. The van der Waals surface area contributed by atoms with E-state index in [1.807, 2.05) is 24.3 Å². The molecule has 2 atom stereocenters. The van der Waals surface area contributed by atoms with Crippen LogP contribution in [0.3, 0.4) is 0 Å². The fourth-order valence-corrected chi connectivity index (χ4v) is 3.12. The van der Waals surface area contributed by atoms with Crippen LogP contribution in [0.4, 0.5) is 0 Å². The number of hydrogen-bond donors (Lipinski definition) is 2. The Morgan fingerprint density at radius 3 is 2.72 bits per heavy atom. The molecule has 0 radical (unpaired) electrons. The third-order valence-corrected chi connectivity index (χ3v) is 4.51. The lowest BCUT2D eigenvalue weighted by Gasteiger charge is -2.26. The summed E-state index contributed by atoms with van der Waals surface area (Å²) in [5, 5.41) is 3.24. The van der Waals surface area contributed by atoms with Gasteiger partial charge in [0.1, 0.15) is 17.1 Å². The van der Waals surface area contributed by atoms with Crippen molar-refractivity contribution in [3.8, 4) is 17.0 Å². The zero-order chi connectivity index (χ0) is 17.2. The molecule has 3 N–H and O–H groups in total. The van der Waals surface area contributed by atoms with Crippen LogP contribution in [0.1, 0.15) is 24.6 Å². The van der Waals surface area contributed by atoms with E-state index in [1.165, 1.54) is 0 Å². The molecule has 3 aromatic rings. The summed E-state index contributed by atoms with van der Waals surface area (Å²) in [6, 6.07) is 7.73. The highest BCUT2D eigenvalue weighted by molar-refractivity contribution is 5.72. The molecule has 0 bridgehead atoms. The Labute approximate surface area is 145 Å². The SMILES string of the molecule is COc1ccc(-c2cnc3nc(C4CCNC(N)C4)ncc3n2)cc1. The van der Waals surface area contributed by atoms with Crippen LogP contribution in [-0.4, -0.2) is 39.8 Å². The van der Waals surface area contributed by atoms with Gasteiger partial charge in [-0.3, -0.25) is 0 Å². The Morgan fingerprint density at radius 1 is 1.12 bits per heavy atom. The van der Waals surface area contributed by atoms with Gasteiger partial charge < -0.3 is 15.8 Å². The van der Waals surface area contributed by atoms with Crippen LogP contribution in [0, 0.1) is 0 Å². The standard InChI is InChI=1S/C18H20N6O/c1-25-13-4-2-11(3-5-13)14-9-22-18-15(23-14)10-21-17(24-18)12-6-7-20-16(19)8-12/h2-5,9-10,12,16,20H,6-8,19H2,1H3. The number of fused-ring (bicyclic) bond motifs is 1. The second-order valence-corrected chi connectivity index (χ2v) is 6.20. The van der Waals surface area contributed by atoms with Crippen LogP contribution >= 0.6 is 0 Å². The summed E-state index contributed by atoms with van der Waals surface area (Å²) in [7, 11) is 1.65. The van der Waals surface area contributed by atoms with Crippen LogP contribution in [0.15, 0.2) is 36.7 Å². The number of benzene rings is 1. The summed E-state index contributed by atoms with van der Waals surface area (Å²) in [5.74, 6) is 1.88. The van der Waals surface area contributed by atoms with Crippen molar-refractivity contribution < 1.29 is 4.74 Å². The normalized spacial score (nSPS) is 20.6. The summed E-state index contributed by atoms with van der Waals surface area (Å²) in [6.45, 7) is 0.884. The van der Waals surface area contributed by atoms with E-state index in [1.54, 1.807) is 19.5 Å². The first kappa shape index (κ1) is 15.9. The van der Waals surface area contributed by atoms with Gasteiger partial charge in [0.2, 0.25) is 0 Å². The molecule has 1 aliphatic heterocycles. The molecule has 7 heteroatoms. The van der Waals surface area contributed by atoms with Gasteiger partial charge in [-0.1, -0.05) is 0 Å². The quantitative estimate of drug-likeness (QED) is 0.753. The van der Waals surface area contributed by atoms with Crippen LogP contribution in [0.5, 0.6) is 5.75 Å². The van der Waals surface area contributed by atoms with Crippen molar-refractivity contribution in [2.24, 2.45) is 5.73 Å². The molecule has 1 saturated heterocycles. The van der Waals surface area contributed by atoms with E-state index in [0.29, 0.717) is 11.2 Å². The van der Waals surface area contributed by atoms with E-state index in [9.17, 15) is 0 Å². The Balaban J connectivity index is 1.64. The molecular formula is C18H20N6O. The van der Waals surface area contributed by atoms with Crippen molar-refractivity contribution in [3.05, 3.63) is 42.5 Å². The molecule has 25 heavy (non-hydrogen) atoms. The van der Waals surface area contributed by atoms with Crippen LogP contribution in [0.2, 0.25) is 0 Å².